The summed E-state index contributed by atoms with van der Waals surface area (Å²) >= 11 is 0. The van der Waals surface area contributed by atoms with E-state index in [0.29, 0.717) is 17.9 Å². The molecule has 1 rings (SSSR count). The summed E-state index contributed by atoms with van der Waals surface area (Å²) in [6.45, 7) is 4.10. The number of benzene rings is 1. The molecule has 1 atom stereocenters. The minimum absolute atomic E-state index is 0.0171. The van der Waals surface area contributed by atoms with E-state index in [-0.39, 0.29) is 25.1 Å². The van der Waals surface area contributed by atoms with Gasteiger partial charge in [-0.1, -0.05) is 13.8 Å². The molecule has 0 aliphatic carbocycles. The van der Waals surface area contributed by atoms with E-state index in [1.54, 1.807) is 0 Å². The van der Waals surface area contributed by atoms with Crippen molar-refractivity contribution in [3.8, 4) is 5.75 Å². The fraction of sp³-hybridized carbons (Fsp3) is 0.538. The summed E-state index contributed by atoms with van der Waals surface area (Å²) in [6.07, 6.45) is -0.930. The standard InChI is InChI=1S/C13H20FNO3/c1-9(2)15-6-10-5-11(14)3-4-13(10)18-8-12(17)7-16/h3-5,9,12,15-17H,6-8H2,1-2H3. The Bertz CT molecular complexity index is 371. The maximum atomic E-state index is 13.2. The Morgan fingerprint density at radius 1 is 1.39 bits per heavy atom. The van der Waals surface area contributed by atoms with Crippen LogP contribution in [0, 0.1) is 5.82 Å². The van der Waals surface area contributed by atoms with Gasteiger partial charge in [0.2, 0.25) is 0 Å². The quantitative estimate of drug-likeness (QED) is 0.683. The molecular formula is C13H20FNO3. The summed E-state index contributed by atoms with van der Waals surface area (Å²) in [6, 6.07) is 4.51. The molecule has 1 aromatic carbocycles. The predicted molar refractivity (Wildman–Crippen MR) is 67.0 cm³/mol. The Balaban J connectivity index is 2.69. The van der Waals surface area contributed by atoms with Gasteiger partial charge in [-0.05, 0) is 18.2 Å². The molecule has 5 heteroatoms. The first-order valence-corrected chi connectivity index (χ1v) is 5.96. The van der Waals surface area contributed by atoms with Gasteiger partial charge in [0.05, 0.1) is 6.61 Å². The third-order valence-corrected chi connectivity index (χ3v) is 2.37. The Labute approximate surface area is 106 Å². The average molecular weight is 257 g/mol. The molecule has 0 aromatic heterocycles. The van der Waals surface area contributed by atoms with Crippen molar-refractivity contribution in [2.24, 2.45) is 0 Å². The molecule has 18 heavy (non-hydrogen) atoms. The number of hydrogen-bond acceptors (Lipinski definition) is 4. The zero-order valence-electron chi connectivity index (χ0n) is 10.7. The van der Waals surface area contributed by atoms with E-state index in [9.17, 15) is 9.50 Å². The second-order valence-corrected chi connectivity index (χ2v) is 4.44. The molecule has 0 heterocycles. The van der Waals surface area contributed by atoms with Gasteiger partial charge in [-0.15, -0.1) is 0 Å². The summed E-state index contributed by atoms with van der Waals surface area (Å²) in [5.41, 5.74) is 0.689. The van der Waals surface area contributed by atoms with Gasteiger partial charge in [-0.2, -0.15) is 0 Å². The Kier molecular flexibility index (Phi) is 6.04. The number of aliphatic hydroxyl groups excluding tert-OH is 2. The lowest BCUT2D eigenvalue weighted by Gasteiger charge is -2.15. The van der Waals surface area contributed by atoms with E-state index in [0.717, 1.165) is 0 Å². The summed E-state index contributed by atoms with van der Waals surface area (Å²) < 4.78 is 18.5. The van der Waals surface area contributed by atoms with E-state index in [2.05, 4.69) is 5.32 Å². The molecule has 0 aliphatic rings. The summed E-state index contributed by atoms with van der Waals surface area (Å²) in [7, 11) is 0. The molecule has 0 radical (unpaired) electrons. The maximum Gasteiger partial charge on any atom is 0.124 e. The average Bonchev–Trinajstić information content (AvgIpc) is 2.34. The van der Waals surface area contributed by atoms with Gasteiger partial charge >= 0.3 is 0 Å². The Morgan fingerprint density at radius 3 is 2.72 bits per heavy atom. The minimum atomic E-state index is -0.930. The van der Waals surface area contributed by atoms with E-state index >= 15 is 0 Å². The van der Waals surface area contributed by atoms with Crippen LogP contribution < -0.4 is 10.1 Å². The minimum Gasteiger partial charge on any atom is -0.490 e. The van der Waals surface area contributed by atoms with Crippen LogP contribution in [0.3, 0.4) is 0 Å². The smallest absolute Gasteiger partial charge is 0.124 e. The number of ether oxygens (including phenoxy) is 1. The van der Waals surface area contributed by atoms with Gasteiger partial charge in [0.1, 0.15) is 24.3 Å². The van der Waals surface area contributed by atoms with Gasteiger partial charge < -0.3 is 20.3 Å². The van der Waals surface area contributed by atoms with Crippen molar-refractivity contribution < 1.29 is 19.3 Å². The first-order chi connectivity index (χ1) is 8.52. The second-order valence-electron chi connectivity index (χ2n) is 4.44. The van der Waals surface area contributed by atoms with Crippen molar-refractivity contribution in [3.63, 3.8) is 0 Å². The lowest BCUT2D eigenvalue weighted by molar-refractivity contribution is 0.0532. The molecule has 0 aliphatic heterocycles. The van der Waals surface area contributed by atoms with Crippen molar-refractivity contribution in [3.05, 3.63) is 29.6 Å². The molecule has 1 aromatic rings. The van der Waals surface area contributed by atoms with E-state index in [1.165, 1.54) is 18.2 Å². The molecule has 0 saturated heterocycles. The molecule has 3 N–H and O–H groups in total. The number of halogens is 1. The highest BCUT2D eigenvalue weighted by atomic mass is 19.1. The lowest BCUT2D eigenvalue weighted by atomic mass is 10.2. The van der Waals surface area contributed by atoms with E-state index in [1.807, 2.05) is 13.8 Å². The van der Waals surface area contributed by atoms with Crippen LogP contribution in [0.2, 0.25) is 0 Å². The third kappa shape index (κ3) is 5.00. The number of aliphatic hydroxyl groups is 2. The van der Waals surface area contributed by atoms with Gasteiger partial charge in [0.15, 0.2) is 0 Å². The van der Waals surface area contributed by atoms with Gasteiger partial charge in [0.25, 0.3) is 0 Å². The fourth-order valence-electron chi connectivity index (χ4n) is 1.38. The van der Waals surface area contributed by atoms with Gasteiger partial charge in [-0.3, -0.25) is 0 Å². The topological polar surface area (TPSA) is 61.7 Å². The predicted octanol–water partition coefficient (Wildman–Crippen LogP) is 1.06. The van der Waals surface area contributed by atoms with E-state index < -0.39 is 6.10 Å². The Morgan fingerprint density at radius 2 is 2.11 bits per heavy atom. The molecule has 0 amide bonds. The summed E-state index contributed by atoms with van der Waals surface area (Å²) in [5, 5.41) is 21.1. The highest BCUT2D eigenvalue weighted by Crippen LogP contribution is 2.20. The normalized spacial score (nSPS) is 12.8. The SMILES string of the molecule is CC(C)NCc1cc(F)ccc1OCC(O)CO. The number of nitrogens with one attached hydrogen (secondary N) is 1. The zero-order valence-corrected chi connectivity index (χ0v) is 10.7. The molecule has 1 unspecified atom stereocenters. The molecular weight excluding hydrogens is 237 g/mol. The second kappa shape index (κ2) is 7.31. The van der Waals surface area contributed by atoms with Crippen molar-refractivity contribution in [1.29, 1.82) is 0 Å². The van der Waals surface area contributed by atoms with Crippen LogP contribution >= 0.6 is 0 Å². The first-order valence-electron chi connectivity index (χ1n) is 5.96. The largest absolute Gasteiger partial charge is 0.490 e. The molecule has 0 bridgehead atoms. The third-order valence-electron chi connectivity index (χ3n) is 2.37. The molecule has 102 valence electrons. The highest BCUT2D eigenvalue weighted by Gasteiger charge is 2.09. The van der Waals surface area contributed by atoms with Crippen LogP contribution in [0.4, 0.5) is 4.39 Å². The molecule has 0 spiro atoms. The van der Waals surface area contributed by atoms with Crippen molar-refractivity contribution in [1.82, 2.24) is 5.32 Å². The first kappa shape index (κ1) is 14.9. The van der Waals surface area contributed by atoms with Crippen LogP contribution in [0.25, 0.3) is 0 Å². The van der Waals surface area contributed by atoms with Crippen molar-refractivity contribution >= 4 is 0 Å². The van der Waals surface area contributed by atoms with Crippen LogP contribution in [0.1, 0.15) is 19.4 Å². The van der Waals surface area contributed by atoms with Crippen LogP contribution in [0.5, 0.6) is 5.75 Å². The van der Waals surface area contributed by atoms with Crippen molar-refractivity contribution in [2.45, 2.75) is 32.5 Å². The van der Waals surface area contributed by atoms with Gasteiger partial charge in [-0.25, -0.2) is 4.39 Å². The molecule has 0 saturated carbocycles. The van der Waals surface area contributed by atoms with Crippen LogP contribution in [0.15, 0.2) is 18.2 Å². The lowest BCUT2D eigenvalue weighted by Crippen LogP contribution is -2.24. The number of rotatable bonds is 7. The summed E-state index contributed by atoms with van der Waals surface area (Å²) in [5.74, 6) is 0.183. The summed E-state index contributed by atoms with van der Waals surface area (Å²) in [4.78, 5) is 0. The molecule has 4 nitrogen and oxygen atoms in total. The number of hydrogen-bond donors (Lipinski definition) is 3. The van der Waals surface area contributed by atoms with Crippen molar-refractivity contribution in [2.75, 3.05) is 13.2 Å². The maximum absolute atomic E-state index is 13.2. The zero-order chi connectivity index (χ0) is 13.5. The fourth-order valence-corrected chi connectivity index (χ4v) is 1.38. The van der Waals surface area contributed by atoms with Crippen LogP contribution in [-0.4, -0.2) is 35.6 Å². The van der Waals surface area contributed by atoms with E-state index in [4.69, 9.17) is 9.84 Å². The highest BCUT2D eigenvalue weighted by molar-refractivity contribution is 5.34. The van der Waals surface area contributed by atoms with Gasteiger partial charge in [0, 0.05) is 18.2 Å². The van der Waals surface area contributed by atoms with Crippen LogP contribution in [-0.2, 0) is 6.54 Å². The monoisotopic (exact) mass is 257 g/mol. The Hall–Kier alpha value is -1.17. The molecule has 0 fully saturated rings.